The Hall–Kier alpha value is -3.78. The Morgan fingerprint density at radius 1 is 1.00 bits per heavy atom. The zero-order valence-corrected chi connectivity index (χ0v) is 30.9. The number of aromatic nitrogens is 2. The number of anilines is 1. The maximum absolute atomic E-state index is 13.4. The highest BCUT2D eigenvalue weighted by molar-refractivity contribution is 14.1. The van der Waals surface area contributed by atoms with Gasteiger partial charge in [-0.3, -0.25) is 19.5 Å². The van der Waals surface area contributed by atoms with E-state index in [4.69, 9.17) is 14.5 Å². The number of nitrogens with one attached hydrogen (secondary N) is 2. The van der Waals surface area contributed by atoms with E-state index in [2.05, 4.69) is 49.2 Å². The third-order valence-electron chi connectivity index (χ3n) is 8.54. The molecule has 12 heteroatoms. The molecule has 11 nitrogen and oxygen atoms in total. The SMILES string of the molecule is CNC(=O)c1cc(C(=O)Nc2ncc(I)cc2C)c(C)cc1O[C@H](CN1CCN(C(=O)OC(C)(C)C)[C@H](C)C1)c1ccc(C2CC2)cn1. The Labute approximate surface area is 296 Å². The van der Waals surface area contributed by atoms with Crippen LogP contribution in [0, 0.1) is 17.4 Å². The second-order valence-corrected chi connectivity index (χ2v) is 14.9. The van der Waals surface area contributed by atoms with Crippen LogP contribution in [0.2, 0.25) is 0 Å². The molecule has 256 valence electrons. The number of rotatable bonds is 9. The summed E-state index contributed by atoms with van der Waals surface area (Å²) >= 11 is 2.18. The maximum atomic E-state index is 13.4. The molecule has 2 N–H and O–H groups in total. The van der Waals surface area contributed by atoms with Crippen LogP contribution in [-0.4, -0.2) is 82.5 Å². The lowest BCUT2D eigenvalue weighted by atomic mass is 10.0. The molecular formula is C36H45IN6O5. The van der Waals surface area contributed by atoms with E-state index in [1.165, 1.54) is 18.4 Å². The number of aryl methyl sites for hydroxylation is 2. The molecule has 0 unspecified atom stereocenters. The van der Waals surface area contributed by atoms with Crippen LogP contribution < -0.4 is 15.4 Å². The third kappa shape index (κ3) is 8.81. The van der Waals surface area contributed by atoms with Crippen molar-refractivity contribution in [3.05, 3.63) is 79.8 Å². The molecule has 2 aromatic heterocycles. The van der Waals surface area contributed by atoms with Crippen LogP contribution in [0.25, 0.3) is 0 Å². The van der Waals surface area contributed by atoms with Crippen LogP contribution >= 0.6 is 22.6 Å². The number of hydrogen-bond donors (Lipinski definition) is 2. The van der Waals surface area contributed by atoms with E-state index in [0.29, 0.717) is 54.8 Å². The van der Waals surface area contributed by atoms with E-state index in [-0.39, 0.29) is 29.5 Å². The predicted molar refractivity (Wildman–Crippen MR) is 193 cm³/mol. The van der Waals surface area contributed by atoms with Crippen molar-refractivity contribution in [2.24, 2.45) is 0 Å². The van der Waals surface area contributed by atoms with Gasteiger partial charge in [-0.05, 0) is 124 Å². The van der Waals surface area contributed by atoms with Gasteiger partial charge in [-0.25, -0.2) is 9.78 Å². The lowest BCUT2D eigenvalue weighted by molar-refractivity contribution is -0.00317. The van der Waals surface area contributed by atoms with E-state index in [9.17, 15) is 14.4 Å². The molecule has 0 bridgehead atoms. The second kappa shape index (κ2) is 14.8. The number of nitrogens with zero attached hydrogens (tertiary/aromatic N) is 4. The Morgan fingerprint density at radius 2 is 1.75 bits per heavy atom. The highest BCUT2D eigenvalue weighted by Crippen LogP contribution is 2.40. The highest BCUT2D eigenvalue weighted by atomic mass is 127. The minimum absolute atomic E-state index is 0.0767. The summed E-state index contributed by atoms with van der Waals surface area (Å²) < 4.78 is 13.3. The first-order valence-corrected chi connectivity index (χ1v) is 17.4. The van der Waals surface area contributed by atoms with E-state index >= 15 is 0 Å². The highest BCUT2D eigenvalue weighted by Gasteiger charge is 2.33. The Kier molecular flexibility index (Phi) is 10.9. The van der Waals surface area contributed by atoms with Crippen molar-refractivity contribution in [2.45, 2.75) is 78.0 Å². The van der Waals surface area contributed by atoms with Crippen molar-refractivity contribution in [3.63, 3.8) is 0 Å². The summed E-state index contributed by atoms with van der Waals surface area (Å²) in [5.74, 6) is 0.631. The molecule has 3 amide bonds. The normalized spacial score (nSPS) is 17.4. The van der Waals surface area contributed by atoms with Gasteiger partial charge < -0.3 is 25.0 Å². The first kappa shape index (κ1) is 35.5. The van der Waals surface area contributed by atoms with Crippen molar-refractivity contribution in [1.82, 2.24) is 25.1 Å². The number of halogens is 1. The van der Waals surface area contributed by atoms with E-state index in [0.717, 1.165) is 14.8 Å². The molecular weight excluding hydrogens is 723 g/mol. The third-order valence-corrected chi connectivity index (χ3v) is 9.13. The monoisotopic (exact) mass is 768 g/mol. The Bertz CT molecular complexity index is 1670. The first-order chi connectivity index (χ1) is 22.7. The predicted octanol–water partition coefficient (Wildman–Crippen LogP) is 6.25. The standard InChI is InChI=1S/C36H45IN6O5/c1-21-15-30(28(33(44)38-7)16-27(21)34(45)41-32-22(2)14-26(37)18-40-32)47-31(29-11-10-25(17-39-29)24-8-9-24)20-42-12-13-43(23(3)19-42)35(46)48-36(4,5)6/h10-11,14-18,23-24,31H,8-9,12-13,19-20H2,1-7H3,(H,38,44)(H,40,41,45)/t23-,31-/m1/s1. The molecule has 1 aromatic carbocycles. The number of piperazine rings is 1. The number of hydrogen-bond acceptors (Lipinski definition) is 8. The van der Waals surface area contributed by atoms with Gasteiger partial charge in [0.1, 0.15) is 17.2 Å². The maximum Gasteiger partial charge on any atom is 0.410 e. The minimum Gasteiger partial charge on any atom is -0.482 e. The average Bonchev–Trinajstić information content (AvgIpc) is 3.87. The van der Waals surface area contributed by atoms with Gasteiger partial charge in [0.25, 0.3) is 11.8 Å². The van der Waals surface area contributed by atoms with Crippen LogP contribution in [0.3, 0.4) is 0 Å². The van der Waals surface area contributed by atoms with Gasteiger partial charge in [0.05, 0.1) is 11.3 Å². The van der Waals surface area contributed by atoms with Gasteiger partial charge in [-0.2, -0.15) is 0 Å². The molecule has 48 heavy (non-hydrogen) atoms. The molecule has 2 aliphatic rings. The summed E-state index contributed by atoms with van der Waals surface area (Å²) in [5, 5.41) is 5.58. The van der Waals surface area contributed by atoms with Gasteiger partial charge >= 0.3 is 6.09 Å². The second-order valence-electron chi connectivity index (χ2n) is 13.7. The molecule has 2 fully saturated rings. The van der Waals surface area contributed by atoms with Crippen LogP contribution in [0.4, 0.5) is 10.6 Å². The van der Waals surface area contributed by atoms with Crippen LogP contribution in [0.15, 0.2) is 42.7 Å². The molecule has 3 aromatic rings. The summed E-state index contributed by atoms with van der Waals surface area (Å²) in [5.41, 5.74) is 3.45. The smallest absolute Gasteiger partial charge is 0.410 e. The fourth-order valence-electron chi connectivity index (χ4n) is 5.82. The Morgan fingerprint density at radius 3 is 2.35 bits per heavy atom. The molecule has 1 aliphatic carbocycles. The van der Waals surface area contributed by atoms with Crippen molar-refractivity contribution in [3.8, 4) is 5.75 Å². The summed E-state index contributed by atoms with van der Waals surface area (Å²) in [6.45, 7) is 13.5. The quantitative estimate of drug-likeness (QED) is 0.245. The lowest BCUT2D eigenvalue weighted by Crippen LogP contribution is -2.55. The van der Waals surface area contributed by atoms with Crippen LogP contribution in [-0.2, 0) is 4.74 Å². The molecule has 1 saturated heterocycles. The van der Waals surface area contributed by atoms with Crippen LogP contribution in [0.1, 0.15) is 95.7 Å². The fraction of sp³-hybridized carbons (Fsp3) is 0.472. The van der Waals surface area contributed by atoms with Gasteiger partial charge in [0, 0.05) is 60.8 Å². The number of benzene rings is 1. The van der Waals surface area contributed by atoms with Crippen molar-refractivity contribution < 1.29 is 23.9 Å². The van der Waals surface area contributed by atoms with Crippen molar-refractivity contribution >= 4 is 46.3 Å². The average molecular weight is 769 g/mol. The molecule has 0 radical (unpaired) electrons. The Balaban J connectivity index is 1.41. The zero-order chi connectivity index (χ0) is 34.7. The first-order valence-electron chi connectivity index (χ1n) is 16.4. The fourth-order valence-corrected chi connectivity index (χ4v) is 6.42. The largest absolute Gasteiger partial charge is 0.482 e. The van der Waals surface area contributed by atoms with Gasteiger partial charge in [-0.1, -0.05) is 6.07 Å². The van der Waals surface area contributed by atoms with Gasteiger partial charge in [0.15, 0.2) is 6.10 Å². The zero-order valence-electron chi connectivity index (χ0n) is 28.7. The number of amides is 3. The minimum atomic E-state index is -0.571. The summed E-state index contributed by atoms with van der Waals surface area (Å²) in [7, 11) is 1.55. The molecule has 5 rings (SSSR count). The summed E-state index contributed by atoms with van der Waals surface area (Å²) in [4.78, 5) is 52.7. The van der Waals surface area contributed by atoms with E-state index in [1.54, 1.807) is 30.3 Å². The number of pyridine rings is 2. The molecule has 1 aliphatic heterocycles. The lowest BCUT2D eigenvalue weighted by Gasteiger charge is -2.41. The van der Waals surface area contributed by atoms with Crippen molar-refractivity contribution in [2.75, 3.05) is 38.5 Å². The number of carbonyl (C=O) groups is 3. The van der Waals surface area contributed by atoms with Crippen molar-refractivity contribution in [1.29, 1.82) is 0 Å². The summed E-state index contributed by atoms with van der Waals surface area (Å²) in [6, 6.07) is 9.28. The molecule has 1 saturated carbocycles. The number of carbonyl (C=O) groups excluding carboxylic acids is 3. The number of ether oxygens (including phenoxy) is 2. The molecule has 0 spiro atoms. The van der Waals surface area contributed by atoms with Gasteiger partial charge in [-0.15, -0.1) is 0 Å². The van der Waals surface area contributed by atoms with E-state index in [1.807, 2.05) is 59.9 Å². The van der Waals surface area contributed by atoms with Gasteiger partial charge in [0.2, 0.25) is 0 Å². The summed E-state index contributed by atoms with van der Waals surface area (Å²) in [6.07, 6.45) is 5.11. The van der Waals surface area contributed by atoms with Crippen LogP contribution in [0.5, 0.6) is 5.75 Å². The molecule has 2 atom stereocenters. The topological polar surface area (TPSA) is 126 Å². The molecule has 3 heterocycles. The van der Waals surface area contributed by atoms with E-state index < -0.39 is 11.7 Å².